The molecule has 120 valence electrons. The van der Waals surface area contributed by atoms with E-state index in [0.717, 1.165) is 0 Å². The summed E-state index contributed by atoms with van der Waals surface area (Å²) in [5, 5.41) is 0. The van der Waals surface area contributed by atoms with Crippen LogP contribution in [0.4, 0.5) is 0 Å². The van der Waals surface area contributed by atoms with Crippen LogP contribution in [0.25, 0.3) is 0 Å². The third kappa shape index (κ3) is 4.06. The monoisotopic (exact) mass is 315 g/mol. The highest BCUT2D eigenvalue weighted by Gasteiger charge is 2.22. The molecule has 0 spiro atoms. The van der Waals surface area contributed by atoms with Gasteiger partial charge in [-0.3, -0.25) is 0 Å². The second-order valence-corrected chi connectivity index (χ2v) is 7.39. The Kier molecular flexibility index (Phi) is 5.43. The van der Waals surface area contributed by atoms with E-state index in [1.807, 2.05) is 0 Å². The third-order valence-electron chi connectivity index (χ3n) is 4.12. The molecule has 21 heavy (non-hydrogen) atoms. The van der Waals surface area contributed by atoms with Crippen molar-refractivity contribution in [1.29, 1.82) is 0 Å². The van der Waals surface area contributed by atoms with Gasteiger partial charge >= 0.3 is 0 Å². The fourth-order valence-electron chi connectivity index (χ4n) is 2.85. The van der Waals surface area contributed by atoms with Gasteiger partial charge in [-0.05, 0) is 26.8 Å². The number of nitrogens with one attached hydrogen (secondary N) is 1. The number of hydrogen-bond donors (Lipinski definition) is 2. The van der Waals surface area contributed by atoms with E-state index < -0.39 is 10.0 Å². The topological polar surface area (TPSA) is 88.6 Å². The Labute approximate surface area is 126 Å². The first-order valence-electron chi connectivity index (χ1n) is 7.43. The fraction of sp³-hybridized carbons (Fsp3) is 0.714. The number of rotatable bonds is 7. The van der Waals surface area contributed by atoms with E-state index in [1.54, 1.807) is 6.92 Å². The van der Waals surface area contributed by atoms with E-state index in [1.165, 1.54) is 31.7 Å². The maximum Gasteiger partial charge on any atom is 0.244 e. The molecule has 1 aliphatic rings. The highest BCUT2D eigenvalue weighted by Crippen LogP contribution is 2.22. The van der Waals surface area contributed by atoms with Gasteiger partial charge in [0.15, 0.2) is 0 Å². The van der Waals surface area contributed by atoms with Gasteiger partial charge in [-0.15, -0.1) is 0 Å². The van der Waals surface area contributed by atoms with Crippen LogP contribution < -0.4 is 10.5 Å². The molecule has 2 rings (SSSR count). The number of nitrogens with zero attached hydrogens (tertiary/aromatic N) is 1. The molecule has 0 unspecified atom stereocenters. The molecule has 1 aliphatic carbocycles. The normalized spacial score (nSPS) is 17.0. The van der Waals surface area contributed by atoms with E-state index in [-0.39, 0.29) is 11.4 Å². The summed E-state index contributed by atoms with van der Waals surface area (Å²) in [4.78, 5) is 2.43. The molecule has 1 aromatic heterocycles. The second kappa shape index (κ2) is 6.91. The first-order chi connectivity index (χ1) is 9.94. The van der Waals surface area contributed by atoms with E-state index in [4.69, 9.17) is 10.2 Å². The molecule has 7 heteroatoms. The first-order valence-corrected chi connectivity index (χ1v) is 8.91. The summed E-state index contributed by atoms with van der Waals surface area (Å²) in [6.07, 6.45) is 4.97. The summed E-state index contributed by atoms with van der Waals surface area (Å²) >= 11 is 0. The minimum atomic E-state index is -3.53. The quantitative estimate of drug-likeness (QED) is 0.789. The number of aryl methyl sites for hydroxylation is 1. The molecule has 0 amide bonds. The van der Waals surface area contributed by atoms with Crippen LogP contribution in [0.1, 0.15) is 37.2 Å². The van der Waals surface area contributed by atoms with E-state index in [0.29, 0.717) is 30.7 Å². The summed E-state index contributed by atoms with van der Waals surface area (Å²) in [5.74, 6) is 0.864. The maximum absolute atomic E-state index is 12.3. The molecular weight excluding hydrogens is 290 g/mol. The van der Waals surface area contributed by atoms with Crippen molar-refractivity contribution < 1.29 is 12.8 Å². The zero-order valence-corrected chi connectivity index (χ0v) is 13.6. The van der Waals surface area contributed by atoms with Gasteiger partial charge in [-0.2, -0.15) is 0 Å². The Morgan fingerprint density at radius 1 is 1.43 bits per heavy atom. The highest BCUT2D eigenvalue weighted by molar-refractivity contribution is 7.89. The lowest BCUT2D eigenvalue weighted by Crippen LogP contribution is -2.37. The van der Waals surface area contributed by atoms with Gasteiger partial charge in [0.25, 0.3) is 0 Å². The molecule has 3 N–H and O–H groups in total. The van der Waals surface area contributed by atoms with Crippen molar-refractivity contribution in [2.75, 3.05) is 20.1 Å². The number of hydrogen-bond acceptors (Lipinski definition) is 5. The molecule has 1 fully saturated rings. The highest BCUT2D eigenvalue weighted by atomic mass is 32.2. The predicted molar refractivity (Wildman–Crippen MR) is 81.4 cm³/mol. The smallest absolute Gasteiger partial charge is 0.244 e. The zero-order chi connectivity index (χ0) is 15.5. The van der Waals surface area contributed by atoms with Gasteiger partial charge in [-0.1, -0.05) is 12.8 Å². The Morgan fingerprint density at radius 2 is 2.10 bits per heavy atom. The van der Waals surface area contributed by atoms with Crippen molar-refractivity contribution in [3.63, 3.8) is 0 Å². The fourth-order valence-corrected chi connectivity index (χ4v) is 4.08. The SMILES string of the molecule is Cc1oc(CN)cc1S(=O)(=O)NCCN(C)C1CCCC1. The van der Waals surface area contributed by atoms with Crippen molar-refractivity contribution in [2.45, 2.75) is 50.1 Å². The maximum atomic E-state index is 12.3. The van der Waals surface area contributed by atoms with E-state index in [2.05, 4.69) is 16.7 Å². The molecule has 0 saturated heterocycles. The van der Waals surface area contributed by atoms with Gasteiger partial charge in [0.1, 0.15) is 16.4 Å². The number of furan rings is 1. The number of likely N-dealkylation sites (N-methyl/N-ethyl adjacent to an activating group) is 1. The van der Waals surface area contributed by atoms with Gasteiger partial charge in [0.2, 0.25) is 10.0 Å². The first kappa shape index (κ1) is 16.5. The van der Waals surface area contributed by atoms with Crippen LogP contribution in [0.5, 0.6) is 0 Å². The van der Waals surface area contributed by atoms with Crippen LogP contribution in [-0.2, 0) is 16.6 Å². The molecule has 0 aromatic carbocycles. The summed E-state index contributed by atoms with van der Waals surface area (Å²) in [5.41, 5.74) is 5.47. The van der Waals surface area contributed by atoms with Gasteiger partial charge < -0.3 is 15.1 Å². The van der Waals surface area contributed by atoms with Crippen molar-refractivity contribution in [3.05, 3.63) is 17.6 Å². The van der Waals surface area contributed by atoms with Crippen LogP contribution >= 0.6 is 0 Å². The van der Waals surface area contributed by atoms with Crippen molar-refractivity contribution in [3.8, 4) is 0 Å². The molecule has 6 nitrogen and oxygen atoms in total. The Balaban J connectivity index is 1.90. The minimum absolute atomic E-state index is 0.187. The van der Waals surface area contributed by atoms with Crippen LogP contribution in [0, 0.1) is 6.92 Å². The third-order valence-corrected chi connectivity index (χ3v) is 5.69. The van der Waals surface area contributed by atoms with Gasteiger partial charge in [0.05, 0.1) is 6.54 Å². The number of sulfonamides is 1. The lowest BCUT2D eigenvalue weighted by Gasteiger charge is -2.23. The molecule has 1 aromatic rings. The standard InChI is InChI=1S/C14H25N3O3S/c1-11-14(9-13(10-15)20-11)21(18,19)16-7-8-17(2)12-5-3-4-6-12/h9,12,16H,3-8,10,15H2,1-2H3. The minimum Gasteiger partial charge on any atom is -0.464 e. The van der Waals surface area contributed by atoms with Crippen molar-refractivity contribution >= 4 is 10.0 Å². The van der Waals surface area contributed by atoms with Crippen LogP contribution in [0.2, 0.25) is 0 Å². The van der Waals surface area contributed by atoms with Crippen LogP contribution in [0.3, 0.4) is 0 Å². The molecule has 1 saturated carbocycles. The van der Waals surface area contributed by atoms with E-state index in [9.17, 15) is 8.42 Å². The molecular formula is C14H25N3O3S. The molecule has 0 bridgehead atoms. The summed E-state index contributed by atoms with van der Waals surface area (Å²) in [6, 6.07) is 2.09. The largest absolute Gasteiger partial charge is 0.464 e. The van der Waals surface area contributed by atoms with Gasteiger partial charge in [0, 0.05) is 25.2 Å². The molecule has 0 atom stereocenters. The Bertz CT molecular complexity index is 562. The summed E-state index contributed by atoms with van der Waals surface area (Å²) < 4.78 is 32.5. The molecule has 1 heterocycles. The van der Waals surface area contributed by atoms with Crippen molar-refractivity contribution in [1.82, 2.24) is 9.62 Å². The second-order valence-electron chi connectivity index (χ2n) is 5.65. The number of nitrogens with two attached hydrogens (primary N) is 1. The Morgan fingerprint density at radius 3 is 2.67 bits per heavy atom. The van der Waals surface area contributed by atoms with Gasteiger partial charge in [-0.25, -0.2) is 13.1 Å². The Hall–Kier alpha value is -0.890. The predicted octanol–water partition coefficient (Wildman–Crippen LogP) is 1.20. The van der Waals surface area contributed by atoms with Crippen LogP contribution in [-0.4, -0.2) is 39.5 Å². The lowest BCUT2D eigenvalue weighted by atomic mass is 10.2. The average Bonchev–Trinajstić information content (AvgIpc) is 3.07. The van der Waals surface area contributed by atoms with Crippen LogP contribution in [0.15, 0.2) is 15.4 Å². The lowest BCUT2D eigenvalue weighted by molar-refractivity contribution is 0.250. The van der Waals surface area contributed by atoms with E-state index >= 15 is 0 Å². The zero-order valence-electron chi connectivity index (χ0n) is 12.8. The summed E-state index contributed by atoms with van der Waals surface area (Å²) in [6.45, 7) is 2.95. The molecule has 0 radical (unpaired) electrons. The average molecular weight is 315 g/mol. The molecule has 0 aliphatic heterocycles. The summed E-state index contributed by atoms with van der Waals surface area (Å²) in [7, 11) is -1.47. The van der Waals surface area contributed by atoms with Crippen molar-refractivity contribution in [2.24, 2.45) is 5.73 Å².